The molecule has 2 heterocycles. The van der Waals surface area contributed by atoms with Gasteiger partial charge in [0.25, 0.3) is 0 Å². The van der Waals surface area contributed by atoms with Crippen molar-refractivity contribution in [1.82, 2.24) is 10.2 Å². The number of carbonyl (C=O) groups excluding carboxylic acids is 1. The van der Waals surface area contributed by atoms with E-state index < -0.39 is 0 Å². The number of likely N-dealkylation sites (tertiary alicyclic amines) is 1. The van der Waals surface area contributed by atoms with Crippen LogP contribution in [0.5, 0.6) is 0 Å². The van der Waals surface area contributed by atoms with Gasteiger partial charge in [-0.25, -0.2) is 0 Å². The van der Waals surface area contributed by atoms with Crippen molar-refractivity contribution in [2.24, 2.45) is 5.92 Å². The number of amides is 1. The van der Waals surface area contributed by atoms with Crippen molar-refractivity contribution in [2.75, 3.05) is 26.3 Å². The van der Waals surface area contributed by atoms with Gasteiger partial charge in [0, 0.05) is 19.1 Å². The van der Waals surface area contributed by atoms with Crippen LogP contribution in [0.1, 0.15) is 26.7 Å². The Kier molecular flexibility index (Phi) is 3.82. The van der Waals surface area contributed by atoms with E-state index in [1.54, 1.807) is 0 Å². The Hall–Kier alpha value is -0.610. The molecule has 2 aliphatic rings. The predicted octanol–water partition coefficient (Wildman–Crippen LogP) is 0.622. The molecule has 0 aromatic rings. The topological polar surface area (TPSA) is 41.6 Å². The number of nitrogens with zero attached hydrogens (tertiary/aromatic N) is 1. The highest BCUT2D eigenvalue weighted by Gasteiger charge is 2.32. The summed E-state index contributed by atoms with van der Waals surface area (Å²) in [5.41, 5.74) is 0. The summed E-state index contributed by atoms with van der Waals surface area (Å²) in [5, 5.41) is 3.24. The van der Waals surface area contributed by atoms with Crippen LogP contribution >= 0.6 is 0 Å². The summed E-state index contributed by atoms with van der Waals surface area (Å²) in [6, 6.07) is 0.258. The molecule has 4 nitrogen and oxygen atoms in total. The summed E-state index contributed by atoms with van der Waals surface area (Å²) in [7, 11) is 0. The molecule has 16 heavy (non-hydrogen) atoms. The third kappa shape index (κ3) is 2.55. The van der Waals surface area contributed by atoms with Gasteiger partial charge in [0.1, 0.15) is 6.04 Å². The molecule has 1 N–H and O–H groups in total. The third-order valence-corrected chi connectivity index (χ3v) is 3.62. The lowest BCUT2D eigenvalue weighted by molar-refractivity contribution is -0.140. The van der Waals surface area contributed by atoms with Gasteiger partial charge < -0.3 is 15.0 Å². The van der Waals surface area contributed by atoms with E-state index in [0.717, 1.165) is 26.1 Å². The summed E-state index contributed by atoms with van der Waals surface area (Å²) < 4.78 is 5.35. The number of carbonyl (C=O) groups is 1. The highest BCUT2D eigenvalue weighted by Crippen LogP contribution is 2.22. The molecule has 3 unspecified atom stereocenters. The Balaban J connectivity index is 1.96. The summed E-state index contributed by atoms with van der Waals surface area (Å²) in [6.07, 6.45) is 2.36. The van der Waals surface area contributed by atoms with Crippen molar-refractivity contribution < 1.29 is 9.53 Å². The lowest BCUT2D eigenvalue weighted by Gasteiger charge is -2.39. The fourth-order valence-corrected chi connectivity index (χ4v) is 2.52. The lowest BCUT2D eigenvalue weighted by Crippen LogP contribution is -2.56. The van der Waals surface area contributed by atoms with Crippen molar-refractivity contribution in [3.63, 3.8) is 0 Å². The first kappa shape index (κ1) is 11.9. The van der Waals surface area contributed by atoms with Gasteiger partial charge in [-0.15, -0.1) is 0 Å². The number of nitrogens with one attached hydrogen (secondary N) is 1. The van der Waals surface area contributed by atoms with E-state index in [2.05, 4.69) is 19.2 Å². The fraction of sp³-hybridized carbons (Fsp3) is 0.917. The Morgan fingerprint density at radius 2 is 2.19 bits per heavy atom. The van der Waals surface area contributed by atoms with E-state index in [9.17, 15) is 4.79 Å². The maximum Gasteiger partial charge on any atom is 0.242 e. The molecule has 2 fully saturated rings. The standard InChI is InChI=1S/C12H22N2O2/c1-9-3-4-10(2)14(7-9)12(15)11-8-16-6-5-13-11/h9-11,13H,3-8H2,1-2H3. The Bertz CT molecular complexity index is 251. The highest BCUT2D eigenvalue weighted by molar-refractivity contribution is 5.82. The van der Waals surface area contributed by atoms with Gasteiger partial charge in [-0.3, -0.25) is 4.79 Å². The molecule has 0 aromatic heterocycles. The third-order valence-electron chi connectivity index (χ3n) is 3.62. The molecule has 0 spiro atoms. The van der Waals surface area contributed by atoms with Gasteiger partial charge in [0.2, 0.25) is 5.91 Å². The molecular weight excluding hydrogens is 204 g/mol. The van der Waals surface area contributed by atoms with Gasteiger partial charge in [0.05, 0.1) is 13.2 Å². The molecule has 0 bridgehead atoms. The van der Waals surface area contributed by atoms with Crippen LogP contribution in [-0.4, -0.2) is 49.2 Å². The van der Waals surface area contributed by atoms with Gasteiger partial charge in [-0.1, -0.05) is 6.92 Å². The minimum absolute atomic E-state index is 0.124. The quantitative estimate of drug-likeness (QED) is 0.713. The molecule has 4 heteroatoms. The van der Waals surface area contributed by atoms with Crippen LogP contribution in [0.15, 0.2) is 0 Å². The van der Waals surface area contributed by atoms with Crippen molar-refractivity contribution >= 4 is 5.91 Å². The van der Waals surface area contributed by atoms with Crippen molar-refractivity contribution in [1.29, 1.82) is 0 Å². The Labute approximate surface area is 97.3 Å². The fourth-order valence-electron chi connectivity index (χ4n) is 2.52. The predicted molar refractivity (Wildman–Crippen MR) is 62.2 cm³/mol. The zero-order chi connectivity index (χ0) is 11.5. The molecule has 92 valence electrons. The van der Waals surface area contributed by atoms with E-state index in [1.807, 2.05) is 4.90 Å². The van der Waals surface area contributed by atoms with Crippen LogP contribution < -0.4 is 5.32 Å². The number of rotatable bonds is 1. The highest BCUT2D eigenvalue weighted by atomic mass is 16.5. The van der Waals surface area contributed by atoms with Gasteiger partial charge in [0.15, 0.2) is 0 Å². The first-order valence-electron chi connectivity index (χ1n) is 6.30. The van der Waals surface area contributed by atoms with Crippen LogP contribution in [-0.2, 0) is 9.53 Å². The molecule has 1 amide bonds. The molecule has 2 aliphatic heterocycles. The summed E-state index contributed by atoms with van der Waals surface area (Å²) in [4.78, 5) is 14.3. The van der Waals surface area contributed by atoms with Crippen molar-refractivity contribution in [3.05, 3.63) is 0 Å². The zero-order valence-electron chi connectivity index (χ0n) is 10.2. The monoisotopic (exact) mass is 226 g/mol. The SMILES string of the molecule is CC1CCC(C)N(C(=O)C2COCCN2)C1. The van der Waals surface area contributed by atoms with Crippen molar-refractivity contribution in [2.45, 2.75) is 38.8 Å². The second kappa shape index (κ2) is 5.15. The molecule has 3 atom stereocenters. The zero-order valence-corrected chi connectivity index (χ0v) is 10.2. The first-order valence-corrected chi connectivity index (χ1v) is 6.30. The molecule has 0 radical (unpaired) electrons. The summed E-state index contributed by atoms with van der Waals surface area (Å²) in [6.45, 7) is 7.29. The van der Waals surface area contributed by atoms with Gasteiger partial charge in [-0.05, 0) is 25.7 Å². The second-order valence-electron chi connectivity index (χ2n) is 5.10. The van der Waals surface area contributed by atoms with Crippen LogP contribution in [0.4, 0.5) is 0 Å². The number of ether oxygens (including phenoxy) is 1. The summed E-state index contributed by atoms with van der Waals surface area (Å²) in [5.74, 6) is 0.850. The average molecular weight is 226 g/mol. The van der Waals surface area contributed by atoms with Crippen LogP contribution in [0.2, 0.25) is 0 Å². The van der Waals surface area contributed by atoms with Crippen LogP contribution in [0.25, 0.3) is 0 Å². The molecule has 0 aromatic carbocycles. The lowest BCUT2D eigenvalue weighted by atomic mass is 9.94. The second-order valence-corrected chi connectivity index (χ2v) is 5.10. The maximum atomic E-state index is 12.3. The van der Waals surface area contributed by atoms with Crippen LogP contribution in [0.3, 0.4) is 0 Å². The van der Waals surface area contributed by atoms with E-state index in [0.29, 0.717) is 18.6 Å². The molecular formula is C12H22N2O2. The largest absolute Gasteiger partial charge is 0.378 e. The van der Waals surface area contributed by atoms with E-state index in [1.165, 1.54) is 6.42 Å². The van der Waals surface area contributed by atoms with E-state index in [4.69, 9.17) is 4.74 Å². The normalized spacial score (nSPS) is 36.1. The molecule has 0 aliphatic carbocycles. The number of morpholine rings is 1. The number of hydrogen-bond acceptors (Lipinski definition) is 3. The number of hydrogen-bond donors (Lipinski definition) is 1. The summed E-state index contributed by atoms with van der Waals surface area (Å²) >= 11 is 0. The molecule has 2 saturated heterocycles. The first-order chi connectivity index (χ1) is 7.68. The Morgan fingerprint density at radius 1 is 1.38 bits per heavy atom. The van der Waals surface area contributed by atoms with Crippen LogP contribution in [0, 0.1) is 5.92 Å². The minimum Gasteiger partial charge on any atom is -0.378 e. The number of piperidine rings is 1. The molecule has 0 saturated carbocycles. The minimum atomic E-state index is -0.124. The maximum absolute atomic E-state index is 12.3. The van der Waals surface area contributed by atoms with Gasteiger partial charge >= 0.3 is 0 Å². The Morgan fingerprint density at radius 3 is 2.88 bits per heavy atom. The van der Waals surface area contributed by atoms with Gasteiger partial charge in [-0.2, -0.15) is 0 Å². The van der Waals surface area contributed by atoms with E-state index in [-0.39, 0.29) is 11.9 Å². The van der Waals surface area contributed by atoms with Crippen molar-refractivity contribution in [3.8, 4) is 0 Å². The van der Waals surface area contributed by atoms with E-state index >= 15 is 0 Å². The average Bonchev–Trinajstić information content (AvgIpc) is 2.32. The molecule has 2 rings (SSSR count). The smallest absolute Gasteiger partial charge is 0.242 e.